The van der Waals surface area contributed by atoms with Crippen molar-refractivity contribution in [3.63, 3.8) is 0 Å². The van der Waals surface area contributed by atoms with Crippen molar-refractivity contribution >= 4 is 5.78 Å². The third kappa shape index (κ3) is 3.47. The number of hydrogen-bond donors (Lipinski definition) is 0. The van der Waals surface area contributed by atoms with Crippen LogP contribution in [-0.4, -0.2) is 12.9 Å². The summed E-state index contributed by atoms with van der Waals surface area (Å²) in [4.78, 5) is 11.5. The topological polar surface area (TPSA) is 26.3 Å². The number of unbranched alkanes of at least 4 members (excludes halogenated alkanes) is 1. The molecule has 0 saturated heterocycles. The standard InChI is InChI=1S/C13H14O2/c1-3-4-5-6-13(14)11-7-9-12(15-2)10-8-11/h7-10H,3-4H2,1-2H3. The van der Waals surface area contributed by atoms with Gasteiger partial charge in [0.1, 0.15) is 5.75 Å². The molecule has 1 aromatic carbocycles. The van der Waals surface area contributed by atoms with Crippen molar-refractivity contribution < 1.29 is 9.53 Å². The molecule has 0 aliphatic rings. The summed E-state index contributed by atoms with van der Waals surface area (Å²) >= 11 is 0. The maximum atomic E-state index is 11.5. The van der Waals surface area contributed by atoms with Gasteiger partial charge in [-0.15, -0.1) is 0 Å². The molecule has 0 bridgehead atoms. The predicted molar refractivity (Wildman–Crippen MR) is 60.0 cm³/mol. The number of ether oxygens (including phenoxy) is 1. The summed E-state index contributed by atoms with van der Waals surface area (Å²) in [6, 6.07) is 6.97. The summed E-state index contributed by atoms with van der Waals surface area (Å²) in [5.74, 6) is 6.05. The third-order valence-corrected chi connectivity index (χ3v) is 1.93. The third-order valence-electron chi connectivity index (χ3n) is 1.93. The SMILES string of the molecule is CCCC#CC(=O)c1ccc(OC)cc1. The van der Waals surface area contributed by atoms with Gasteiger partial charge in [0.2, 0.25) is 5.78 Å². The van der Waals surface area contributed by atoms with Gasteiger partial charge in [0.15, 0.2) is 0 Å². The molecule has 0 aromatic heterocycles. The molecular formula is C13H14O2. The lowest BCUT2D eigenvalue weighted by Crippen LogP contribution is -1.94. The fourth-order valence-corrected chi connectivity index (χ4v) is 1.08. The van der Waals surface area contributed by atoms with E-state index in [0.29, 0.717) is 5.56 Å². The monoisotopic (exact) mass is 202 g/mol. The van der Waals surface area contributed by atoms with Gasteiger partial charge in [-0.05, 0) is 36.6 Å². The molecule has 1 aromatic rings. The van der Waals surface area contributed by atoms with Gasteiger partial charge in [0.25, 0.3) is 0 Å². The van der Waals surface area contributed by atoms with Crippen LogP contribution < -0.4 is 4.74 Å². The van der Waals surface area contributed by atoms with Gasteiger partial charge in [-0.1, -0.05) is 12.8 Å². The highest BCUT2D eigenvalue weighted by molar-refractivity contribution is 6.09. The molecule has 2 nitrogen and oxygen atoms in total. The zero-order valence-corrected chi connectivity index (χ0v) is 9.04. The Kier molecular flexibility index (Phi) is 4.43. The Morgan fingerprint density at radius 2 is 2.00 bits per heavy atom. The molecule has 0 N–H and O–H groups in total. The molecule has 0 amide bonds. The van der Waals surface area contributed by atoms with E-state index in [4.69, 9.17) is 4.74 Å². The largest absolute Gasteiger partial charge is 0.497 e. The van der Waals surface area contributed by atoms with Gasteiger partial charge in [-0.25, -0.2) is 0 Å². The second kappa shape index (κ2) is 5.87. The lowest BCUT2D eigenvalue weighted by atomic mass is 10.1. The summed E-state index contributed by atoms with van der Waals surface area (Å²) < 4.78 is 5.00. The van der Waals surface area contributed by atoms with Crippen molar-refractivity contribution in [2.75, 3.05) is 7.11 Å². The second-order valence-electron chi connectivity index (χ2n) is 3.11. The first-order valence-electron chi connectivity index (χ1n) is 4.95. The van der Waals surface area contributed by atoms with Gasteiger partial charge < -0.3 is 4.74 Å². The lowest BCUT2D eigenvalue weighted by Gasteiger charge is -1.98. The van der Waals surface area contributed by atoms with Crippen molar-refractivity contribution in [2.45, 2.75) is 19.8 Å². The number of Topliss-reactive ketones (excluding diaryl/α,β-unsaturated/α-hetero) is 1. The van der Waals surface area contributed by atoms with Crippen LogP contribution in [0.4, 0.5) is 0 Å². The first kappa shape index (κ1) is 11.3. The Bertz CT molecular complexity index is 379. The molecule has 0 aliphatic carbocycles. The van der Waals surface area contributed by atoms with Crippen LogP contribution in [0.25, 0.3) is 0 Å². The number of hydrogen-bond acceptors (Lipinski definition) is 2. The first-order valence-corrected chi connectivity index (χ1v) is 4.95. The first-order chi connectivity index (χ1) is 7.27. The fraction of sp³-hybridized carbons (Fsp3) is 0.308. The molecule has 1 rings (SSSR count). The molecule has 0 aliphatic heterocycles. The Labute approximate surface area is 90.3 Å². The average Bonchev–Trinajstić information content (AvgIpc) is 2.29. The normalized spacial score (nSPS) is 8.93. The molecular weight excluding hydrogens is 188 g/mol. The van der Waals surface area contributed by atoms with Crippen LogP contribution in [0.1, 0.15) is 30.1 Å². The smallest absolute Gasteiger partial charge is 0.235 e. The average molecular weight is 202 g/mol. The van der Waals surface area contributed by atoms with E-state index in [1.54, 1.807) is 31.4 Å². The molecule has 0 fully saturated rings. The molecule has 0 atom stereocenters. The fourth-order valence-electron chi connectivity index (χ4n) is 1.08. The predicted octanol–water partition coefficient (Wildman–Crippen LogP) is 2.68. The van der Waals surface area contributed by atoms with Crippen molar-refractivity contribution in [2.24, 2.45) is 0 Å². The van der Waals surface area contributed by atoms with E-state index in [9.17, 15) is 4.79 Å². The van der Waals surface area contributed by atoms with E-state index >= 15 is 0 Å². The molecule has 0 unspecified atom stereocenters. The van der Waals surface area contributed by atoms with E-state index < -0.39 is 0 Å². The van der Waals surface area contributed by atoms with Crippen molar-refractivity contribution in [1.82, 2.24) is 0 Å². The van der Waals surface area contributed by atoms with Crippen LogP contribution in [0.5, 0.6) is 5.75 Å². The summed E-state index contributed by atoms with van der Waals surface area (Å²) in [6.07, 6.45) is 1.74. The zero-order chi connectivity index (χ0) is 11.1. The molecule has 0 saturated carbocycles. The summed E-state index contributed by atoms with van der Waals surface area (Å²) in [5.41, 5.74) is 0.611. The number of benzene rings is 1. The minimum atomic E-state index is -0.133. The number of ketones is 1. The van der Waals surface area contributed by atoms with E-state index in [1.807, 2.05) is 6.92 Å². The Hall–Kier alpha value is -1.75. The Morgan fingerprint density at radius 3 is 2.53 bits per heavy atom. The highest BCUT2D eigenvalue weighted by atomic mass is 16.5. The highest BCUT2D eigenvalue weighted by Crippen LogP contribution is 2.11. The van der Waals surface area contributed by atoms with Gasteiger partial charge in [0, 0.05) is 12.0 Å². The maximum Gasteiger partial charge on any atom is 0.235 e. The van der Waals surface area contributed by atoms with Gasteiger partial charge in [0.05, 0.1) is 7.11 Å². The van der Waals surface area contributed by atoms with Crippen molar-refractivity contribution in [1.29, 1.82) is 0 Å². The molecule has 0 heterocycles. The molecule has 0 spiro atoms. The van der Waals surface area contributed by atoms with E-state index in [2.05, 4.69) is 11.8 Å². The molecule has 78 valence electrons. The number of rotatable bonds is 3. The summed E-state index contributed by atoms with van der Waals surface area (Å²) in [6.45, 7) is 2.03. The minimum Gasteiger partial charge on any atom is -0.497 e. The zero-order valence-electron chi connectivity index (χ0n) is 9.04. The molecule has 15 heavy (non-hydrogen) atoms. The molecule has 0 radical (unpaired) electrons. The van der Waals surface area contributed by atoms with Crippen LogP contribution in [0.15, 0.2) is 24.3 Å². The van der Waals surface area contributed by atoms with Crippen LogP contribution in [0.2, 0.25) is 0 Å². The van der Waals surface area contributed by atoms with E-state index in [-0.39, 0.29) is 5.78 Å². The van der Waals surface area contributed by atoms with Crippen molar-refractivity contribution in [3.05, 3.63) is 29.8 Å². The van der Waals surface area contributed by atoms with Crippen LogP contribution in [0.3, 0.4) is 0 Å². The quantitative estimate of drug-likeness (QED) is 0.428. The second-order valence-corrected chi connectivity index (χ2v) is 3.11. The van der Waals surface area contributed by atoms with Gasteiger partial charge in [-0.3, -0.25) is 4.79 Å². The summed E-state index contributed by atoms with van der Waals surface area (Å²) in [5, 5.41) is 0. The van der Waals surface area contributed by atoms with Gasteiger partial charge >= 0.3 is 0 Å². The van der Waals surface area contributed by atoms with Gasteiger partial charge in [-0.2, -0.15) is 0 Å². The lowest BCUT2D eigenvalue weighted by molar-refractivity contribution is 0.105. The van der Waals surface area contributed by atoms with E-state index in [1.165, 1.54) is 0 Å². The maximum absolute atomic E-state index is 11.5. The Balaban J connectivity index is 2.71. The number of carbonyl (C=O) groups is 1. The Morgan fingerprint density at radius 1 is 1.33 bits per heavy atom. The van der Waals surface area contributed by atoms with E-state index in [0.717, 1.165) is 18.6 Å². The summed E-state index contributed by atoms with van der Waals surface area (Å²) in [7, 11) is 1.60. The number of carbonyl (C=O) groups excluding carboxylic acids is 1. The van der Waals surface area contributed by atoms with Crippen LogP contribution >= 0.6 is 0 Å². The van der Waals surface area contributed by atoms with Crippen LogP contribution in [-0.2, 0) is 0 Å². The molecule has 2 heteroatoms. The minimum absolute atomic E-state index is 0.133. The van der Waals surface area contributed by atoms with Crippen molar-refractivity contribution in [3.8, 4) is 17.6 Å². The van der Waals surface area contributed by atoms with Crippen LogP contribution in [0, 0.1) is 11.8 Å². The highest BCUT2D eigenvalue weighted by Gasteiger charge is 2.01. The number of methoxy groups -OCH3 is 1.